The van der Waals surface area contributed by atoms with Crippen LogP contribution in [0.3, 0.4) is 0 Å². The molecule has 33 heavy (non-hydrogen) atoms. The van der Waals surface area contributed by atoms with Gasteiger partial charge in [-0.05, 0) is 48.5 Å². The van der Waals surface area contributed by atoms with E-state index < -0.39 is 0 Å². The molecule has 2 amide bonds. The maximum atomic E-state index is 12.4. The van der Waals surface area contributed by atoms with E-state index in [0.717, 1.165) is 16.3 Å². The van der Waals surface area contributed by atoms with Crippen LogP contribution in [0.25, 0.3) is 22.2 Å². The minimum absolute atomic E-state index is 0.0739. The summed E-state index contributed by atoms with van der Waals surface area (Å²) in [4.78, 5) is 19.2. The first-order chi connectivity index (χ1) is 16.1. The summed E-state index contributed by atoms with van der Waals surface area (Å²) in [7, 11) is 1.97. The molecule has 0 aliphatic carbocycles. The average molecular weight is 438 g/mol. The van der Waals surface area contributed by atoms with Crippen LogP contribution in [0.1, 0.15) is 23.9 Å². The number of benzene rings is 3. The Balaban J connectivity index is 1.25. The van der Waals surface area contributed by atoms with Gasteiger partial charge in [-0.2, -0.15) is 10.2 Å². The summed E-state index contributed by atoms with van der Waals surface area (Å²) in [6.45, 7) is 0.657. The Morgan fingerprint density at radius 3 is 2.82 bits per heavy atom. The van der Waals surface area contributed by atoms with E-state index in [1.807, 2.05) is 31.3 Å². The lowest BCUT2D eigenvalue weighted by atomic mass is 10.1. The number of likely N-dealkylation sites (N-methyl/N-ethyl adjacent to an activating group) is 1. The predicted octanol–water partition coefficient (Wildman–Crippen LogP) is 4.33. The van der Waals surface area contributed by atoms with Gasteiger partial charge in [-0.25, -0.2) is 4.79 Å². The number of rotatable bonds is 4. The van der Waals surface area contributed by atoms with Crippen molar-refractivity contribution in [1.82, 2.24) is 20.4 Å². The maximum absolute atomic E-state index is 12.4. The lowest BCUT2D eigenvalue weighted by Gasteiger charge is -2.14. The van der Waals surface area contributed by atoms with E-state index in [4.69, 9.17) is 9.78 Å². The number of fused-ring (bicyclic) bond motifs is 1. The largest absolute Gasteiger partial charge is 0.337 e. The molecular formula is C25H22N6O2. The first kappa shape index (κ1) is 20.7. The minimum atomic E-state index is -0.313. The molecule has 1 aliphatic rings. The highest BCUT2D eigenvalue weighted by Crippen LogP contribution is 2.31. The van der Waals surface area contributed by atoms with Crippen LogP contribution in [0, 0.1) is 11.3 Å². The molecule has 2 N–H and O–H groups in total. The van der Waals surface area contributed by atoms with E-state index in [1.165, 1.54) is 0 Å². The average Bonchev–Trinajstić information content (AvgIpc) is 3.45. The van der Waals surface area contributed by atoms with Crippen molar-refractivity contribution in [2.75, 3.05) is 18.9 Å². The van der Waals surface area contributed by atoms with Gasteiger partial charge >= 0.3 is 6.03 Å². The number of carbonyl (C=O) groups excluding carboxylic acids is 1. The molecule has 164 valence electrons. The van der Waals surface area contributed by atoms with Crippen molar-refractivity contribution in [2.45, 2.75) is 18.5 Å². The molecule has 2 heterocycles. The fraction of sp³-hybridized carbons (Fsp3) is 0.200. The van der Waals surface area contributed by atoms with Gasteiger partial charge in [0, 0.05) is 23.8 Å². The molecule has 0 bridgehead atoms. The number of carbonyl (C=O) groups is 1. The third-order valence-corrected chi connectivity index (χ3v) is 5.87. The number of nitrogens with one attached hydrogen (secondary N) is 2. The first-order valence-corrected chi connectivity index (χ1v) is 10.7. The number of aromatic nitrogens is 2. The van der Waals surface area contributed by atoms with Crippen molar-refractivity contribution in [3.63, 3.8) is 0 Å². The monoisotopic (exact) mass is 438 g/mol. The predicted molar refractivity (Wildman–Crippen MR) is 124 cm³/mol. The van der Waals surface area contributed by atoms with Crippen LogP contribution in [0.4, 0.5) is 10.5 Å². The van der Waals surface area contributed by atoms with Crippen molar-refractivity contribution in [1.29, 1.82) is 5.26 Å². The Labute approximate surface area is 190 Å². The van der Waals surface area contributed by atoms with Gasteiger partial charge in [0.05, 0.1) is 17.7 Å². The molecule has 0 spiro atoms. The van der Waals surface area contributed by atoms with Crippen LogP contribution >= 0.6 is 0 Å². The lowest BCUT2D eigenvalue weighted by Crippen LogP contribution is -2.39. The van der Waals surface area contributed by atoms with Crippen LogP contribution < -0.4 is 10.6 Å². The molecule has 4 aromatic rings. The number of hydrogen-bond acceptors (Lipinski definition) is 6. The number of nitriles is 1. The molecule has 0 saturated carbocycles. The summed E-state index contributed by atoms with van der Waals surface area (Å²) in [5, 5.41) is 21.3. The molecule has 8 heteroatoms. The molecule has 1 aromatic heterocycles. The van der Waals surface area contributed by atoms with E-state index in [2.05, 4.69) is 49.9 Å². The van der Waals surface area contributed by atoms with Crippen molar-refractivity contribution < 1.29 is 9.32 Å². The molecule has 0 unspecified atom stereocenters. The molecule has 1 saturated heterocycles. The highest BCUT2D eigenvalue weighted by atomic mass is 16.5. The van der Waals surface area contributed by atoms with Gasteiger partial charge in [0.15, 0.2) is 0 Å². The molecular weight excluding hydrogens is 416 g/mol. The highest BCUT2D eigenvalue weighted by Gasteiger charge is 2.35. The molecule has 3 aromatic carbocycles. The number of amides is 2. The standard InChI is InChI=1S/C25H22N6O2/c1-31-15-21(28-25(32)27-20-8-4-5-16(11-20)14-26)13-22(31)24-29-23(30-33-24)19-10-9-17-6-2-3-7-18(17)12-19/h2-12,21-22H,13,15H2,1H3,(H2,27,28,32)/t21-,22-/m0/s1. The van der Waals surface area contributed by atoms with E-state index in [9.17, 15) is 4.79 Å². The topological polar surface area (TPSA) is 107 Å². The quantitative estimate of drug-likeness (QED) is 0.491. The third kappa shape index (κ3) is 4.40. The van der Waals surface area contributed by atoms with E-state index in [1.54, 1.807) is 24.3 Å². The second kappa shape index (κ2) is 8.73. The van der Waals surface area contributed by atoms with Gasteiger partial charge in [-0.3, -0.25) is 4.90 Å². The van der Waals surface area contributed by atoms with Crippen LogP contribution in [0.5, 0.6) is 0 Å². The van der Waals surface area contributed by atoms with Crippen LogP contribution in [0.2, 0.25) is 0 Å². The Bertz CT molecular complexity index is 1360. The summed E-state index contributed by atoms with van der Waals surface area (Å²) in [5.41, 5.74) is 1.97. The molecule has 5 rings (SSSR count). The molecule has 2 atom stereocenters. The summed E-state index contributed by atoms with van der Waals surface area (Å²) >= 11 is 0. The Morgan fingerprint density at radius 1 is 1.12 bits per heavy atom. The van der Waals surface area contributed by atoms with Gasteiger partial charge in [-0.1, -0.05) is 47.6 Å². The molecule has 1 aliphatic heterocycles. The van der Waals surface area contributed by atoms with Gasteiger partial charge in [0.25, 0.3) is 0 Å². The number of nitrogens with zero attached hydrogens (tertiary/aromatic N) is 4. The van der Waals surface area contributed by atoms with E-state index >= 15 is 0 Å². The number of hydrogen-bond donors (Lipinski definition) is 2. The van der Waals surface area contributed by atoms with Crippen molar-refractivity contribution >= 4 is 22.5 Å². The first-order valence-electron chi connectivity index (χ1n) is 10.7. The summed E-state index contributed by atoms with van der Waals surface area (Å²) in [6.07, 6.45) is 0.654. The second-order valence-electron chi connectivity index (χ2n) is 8.20. The van der Waals surface area contributed by atoms with Crippen LogP contribution in [-0.2, 0) is 0 Å². The van der Waals surface area contributed by atoms with Crippen molar-refractivity contribution in [3.05, 3.63) is 78.2 Å². The highest BCUT2D eigenvalue weighted by molar-refractivity contribution is 5.89. The van der Waals surface area contributed by atoms with Gasteiger partial charge in [0.2, 0.25) is 11.7 Å². The molecule has 1 fully saturated rings. The molecule has 8 nitrogen and oxygen atoms in total. The van der Waals surface area contributed by atoms with Crippen molar-refractivity contribution in [2.24, 2.45) is 0 Å². The zero-order valence-electron chi connectivity index (χ0n) is 18.0. The Kier molecular flexibility index (Phi) is 5.47. The smallest absolute Gasteiger partial charge is 0.319 e. The minimum Gasteiger partial charge on any atom is -0.337 e. The zero-order chi connectivity index (χ0) is 22.8. The van der Waals surface area contributed by atoms with E-state index in [0.29, 0.717) is 35.9 Å². The number of anilines is 1. The maximum Gasteiger partial charge on any atom is 0.319 e. The fourth-order valence-corrected chi connectivity index (χ4v) is 4.23. The summed E-state index contributed by atoms with van der Waals surface area (Å²) in [6, 6.07) is 22.6. The number of urea groups is 1. The number of likely N-dealkylation sites (tertiary alicyclic amines) is 1. The van der Waals surface area contributed by atoms with Crippen molar-refractivity contribution in [3.8, 4) is 17.5 Å². The fourth-order valence-electron chi connectivity index (χ4n) is 4.23. The van der Waals surface area contributed by atoms with Gasteiger partial charge in [-0.15, -0.1) is 0 Å². The van der Waals surface area contributed by atoms with E-state index in [-0.39, 0.29) is 18.1 Å². The molecule has 0 radical (unpaired) electrons. The van der Waals surface area contributed by atoms with Gasteiger partial charge in [0.1, 0.15) is 0 Å². The summed E-state index contributed by atoms with van der Waals surface area (Å²) < 4.78 is 5.60. The Morgan fingerprint density at radius 2 is 1.97 bits per heavy atom. The Hall–Kier alpha value is -4.22. The normalized spacial score (nSPS) is 18.2. The van der Waals surface area contributed by atoms with Crippen LogP contribution in [-0.4, -0.2) is 40.7 Å². The second-order valence-corrected chi connectivity index (χ2v) is 8.20. The zero-order valence-corrected chi connectivity index (χ0v) is 18.0. The summed E-state index contributed by atoms with van der Waals surface area (Å²) in [5.74, 6) is 1.09. The van der Waals surface area contributed by atoms with Crippen LogP contribution in [0.15, 0.2) is 71.3 Å². The SMILES string of the molecule is CN1C[C@@H](NC(=O)Nc2cccc(C#N)c2)C[C@H]1c1nc(-c2ccc3ccccc3c2)no1. The van der Waals surface area contributed by atoms with Gasteiger partial charge < -0.3 is 15.2 Å². The third-order valence-electron chi connectivity index (χ3n) is 5.87. The lowest BCUT2D eigenvalue weighted by molar-refractivity contribution is 0.243.